The predicted octanol–water partition coefficient (Wildman–Crippen LogP) is 0.847. The Morgan fingerprint density at radius 3 is 2.36 bits per heavy atom. The van der Waals surface area contributed by atoms with E-state index in [-0.39, 0.29) is 0 Å². The first-order chi connectivity index (χ1) is 6.68. The molecule has 0 unspecified atom stereocenters. The first kappa shape index (κ1) is 9.21. The number of carboxylic acids is 1. The van der Waals surface area contributed by atoms with E-state index in [1.54, 1.807) is 0 Å². The van der Waals surface area contributed by atoms with Gasteiger partial charge in [-0.25, -0.2) is 0 Å². The number of carboxylic acid groups (broad SMARTS) is 1. The molecule has 0 heterocycles. The number of benzene rings is 1. The average Bonchev–Trinajstić information content (AvgIpc) is 2.16. The maximum absolute atomic E-state index is 10.8. The van der Waals surface area contributed by atoms with Crippen molar-refractivity contribution in [2.24, 2.45) is 5.92 Å². The maximum atomic E-state index is 10.8. The standard InChI is InChI=1S/C11H12O3/c12-10-6-8-4-2-1-3-7(8)5-9(10)11(13)14/h1-4,9-10,12H,5-6H2,(H,13,14)/t9-,10-/m1/s1. The zero-order chi connectivity index (χ0) is 10.1. The number of carbonyl (C=O) groups is 1. The van der Waals surface area contributed by atoms with Crippen LogP contribution in [0.25, 0.3) is 0 Å². The Labute approximate surface area is 82.0 Å². The minimum atomic E-state index is -0.910. The lowest BCUT2D eigenvalue weighted by Crippen LogP contribution is -2.35. The molecule has 74 valence electrons. The average molecular weight is 192 g/mol. The zero-order valence-corrected chi connectivity index (χ0v) is 7.68. The first-order valence-electron chi connectivity index (χ1n) is 4.66. The minimum absolute atomic E-state index is 0.437. The van der Waals surface area contributed by atoms with E-state index < -0.39 is 18.0 Å². The normalized spacial score (nSPS) is 25.5. The fourth-order valence-electron chi connectivity index (χ4n) is 1.95. The molecule has 0 fully saturated rings. The number of aliphatic hydroxyl groups is 1. The second-order valence-corrected chi connectivity index (χ2v) is 3.69. The molecule has 3 heteroatoms. The molecule has 2 N–H and O–H groups in total. The van der Waals surface area contributed by atoms with Gasteiger partial charge in [-0.15, -0.1) is 0 Å². The molecule has 1 aliphatic rings. The Morgan fingerprint density at radius 1 is 1.21 bits per heavy atom. The van der Waals surface area contributed by atoms with Gasteiger partial charge in [0.25, 0.3) is 0 Å². The summed E-state index contributed by atoms with van der Waals surface area (Å²) in [5.74, 6) is -1.56. The van der Waals surface area contributed by atoms with Crippen LogP contribution in [0.5, 0.6) is 0 Å². The summed E-state index contributed by atoms with van der Waals surface area (Å²) in [7, 11) is 0. The van der Waals surface area contributed by atoms with Crippen LogP contribution in [-0.4, -0.2) is 22.3 Å². The van der Waals surface area contributed by atoms with E-state index in [1.807, 2.05) is 24.3 Å². The summed E-state index contributed by atoms with van der Waals surface area (Å²) in [6.45, 7) is 0. The van der Waals surface area contributed by atoms with Gasteiger partial charge >= 0.3 is 5.97 Å². The van der Waals surface area contributed by atoms with Gasteiger partial charge in [-0.05, 0) is 24.0 Å². The molecule has 1 aromatic carbocycles. The molecule has 0 aliphatic heterocycles. The van der Waals surface area contributed by atoms with Gasteiger partial charge in [0, 0.05) is 0 Å². The Morgan fingerprint density at radius 2 is 1.79 bits per heavy atom. The van der Waals surface area contributed by atoms with Gasteiger partial charge in [-0.1, -0.05) is 24.3 Å². The smallest absolute Gasteiger partial charge is 0.309 e. The highest BCUT2D eigenvalue weighted by Gasteiger charge is 2.31. The molecule has 2 rings (SSSR count). The Balaban J connectivity index is 2.31. The van der Waals surface area contributed by atoms with Crippen molar-refractivity contribution in [1.29, 1.82) is 0 Å². The molecule has 14 heavy (non-hydrogen) atoms. The summed E-state index contributed by atoms with van der Waals surface area (Å²) < 4.78 is 0. The lowest BCUT2D eigenvalue weighted by molar-refractivity contribution is -0.145. The van der Waals surface area contributed by atoms with Crippen LogP contribution in [0.1, 0.15) is 11.1 Å². The minimum Gasteiger partial charge on any atom is -0.481 e. The number of rotatable bonds is 1. The van der Waals surface area contributed by atoms with Crippen molar-refractivity contribution in [3.63, 3.8) is 0 Å². The number of aliphatic hydroxyl groups excluding tert-OH is 1. The van der Waals surface area contributed by atoms with E-state index in [0.717, 1.165) is 11.1 Å². The van der Waals surface area contributed by atoms with E-state index >= 15 is 0 Å². The summed E-state index contributed by atoms with van der Waals surface area (Å²) in [6.07, 6.45) is 0.141. The molecule has 3 nitrogen and oxygen atoms in total. The van der Waals surface area contributed by atoms with Crippen LogP contribution in [0.15, 0.2) is 24.3 Å². The van der Waals surface area contributed by atoms with Gasteiger partial charge in [0.1, 0.15) is 0 Å². The summed E-state index contributed by atoms with van der Waals surface area (Å²) in [5, 5.41) is 18.5. The molecule has 0 bridgehead atoms. The van der Waals surface area contributed by atoms with Crippen molar-refractivity contribution in [3.05, 3.63) is 35.4 Å². The van der Waals surface area contributed by atoms with E-state index in [1.165, 1.54) is 0 Å². The number of hydrogen-bond acceptors (Lipinski definition) is 2. The zero-order valence-electron chi connectivity index (χ0n) is 7.68. The second-order valence-electron chi connectivity index (χ2n) is 3.69. The summed E-state index contributed by atoms with van der Waals surface area (Å²) in [4.78, 5) is 10.8. The van der Waals surface area contributed by atoms with Crippen molar-refractivity contribution in [1.82, 2.24) is 0 Å². The third-order valence-corrected chi connectivity index (χ3v) is 2.77. The first-order valence-corrected chi connectivity index (χ1v) is 4.66. The number of aliphatic carboxylic acids is 1. The molecule has 0 aromatic heterocycles. The van der Waals surface area contributed by atoms with Crippen LogP contribution in [0.2, 0.25) is 0 Å². The summed E-state index contributed by atoms with van der Waals surface area (Å²) in [5.41, 5.74) is 2.11. The number of hydrogen-bond donors (Lipinski definition) is 2. The topological polar surface area (TPSA) is 57.5 Å². The van der Waals surface area contributed by atoms with E-state index in [9.17, 15) is 9.90 Å². The molecular weight excluding hydrogens is 180 g/mol. The van der Waals surface area contributed by atoms with Gasteiger partial charge < -0.3 is 10.2 Å². The van der Waals surface area contributed by atoms with Crippen molar-refractivity contribution in [2.45, 2.75) is 18.9 Å². The highest BCUT2D eigenvalue weighted by atomic mass is 16.4. The molecule has 0 amide bonds. The lowest BCUT2D eigenvalue weighted by atomic mass is 9.82. The van der Waals surface area contributed by atoms with E-state index in [0.29, 0.717) is 12.8 Å². The van der Waals surface area contributed by atoms with Crippen molar-refractivity contribution in [3.8, 4) is 0 Å². The highest BCUT2D eigenvalue weighted by Crippen LogP contribution is 2.25. The van der Waals surface area contributed by atoms with Crippen LogP contribution < -0.4 is 0 Å². The summed E-state index contributed by atoms with van der Waals surface area (Å²) >= 11 is 0. The van der Waals surface area contributed by atoms with Crippen LogP contribution in [-0.2, 0) is 17.6 Å². The van der Waals surface area contributed by atoms with Gasteiger partial charge in [-0.2, -0.15) is 0 Å². The monoisotopic (exact) mass is 192 g/mol. The highest BCUT2D eigenvalue weighted by molar-refractivity contribution is 5.71. The fourth-order valence-corrected chi connectivity index (χ4v) is 1.95. The third kappa shape index (κ3) is 1.51. The van der Waals surface area contributed by atoms with Gasteiger partial charge in [0.2, 0.25) is 0 Å². The summed E-state index contributed by atoms with van der Waals surface area (Å²) in [6, 6.07) is 7.68. The van der Waals surface area contributed by atoms with Gasteiger partial charge in [0.15, 0.2) is 0 Å². The van der Waals surface area contributed by atoms with Crippen LogP contribution in [0.4, 0.5) is 0 Å². The molecule has 0 radical (unpaired) electrons. The molecular formula is C11H12O3. The van der Waals surface area contributed by atoms with Gasteiger partial charge in [-0.3, -0.25) is 4.79 Å². The van der Waals surface area contributed by atoms with E-state index in [2.05, 4.69) is 0 Å². The molecule has 0 spiro atoms. The fraction of sp³-hybridized carbons (Fsp3) is 0.364. The molecule has 0 saturated carbocycles. The Hall–Kier alpha value is -1.35. The molecule has 1 aliphatic carbocycles. The third-order valence-electron chi connectivity index (χ3n) is 2.77. The van der Waals surface area contributed by atoms with Crippen LogP contribution in [0, 0.1) is 5.92 Å². The van der Waals surface area contributed by atoms with E-state index in [4.69, 9.17) is 5.11 Å². The van der Waals surface area contributed by atoms with Crippen molar-refractivity contribution in [2.75, 3.05) is 0 Å². The molecule has 2 atom stereocenters. The SMILES string of the molecule is O=C(O)[C@@H]1Cc2ccccc2C[C@H]1O. The lowest BCUT2D eigenvalue weighted by Gasteiger charge is -2.26. The molecule has 0 saturated heterocycles. The van der Waals surface area contributed by atoms with Crippen molar-refractivity contribution < 1.29 is 15.0 Å². The van der Waals surface area contributed by atoms with Gasteiger partial charge in [0.05, 0.1) is 12.0 Å². The van der Waals surface area contributed by atoms with Crippen LogP contribution >= 0.6 is 0 Å². The quantitative estimate of drug-likeness (QED) is 0.693. The number of fused-ring (bicyclic) bond motifs is 1. The molecule has 1 aromatic rings. The Bertz CT molecular complexity index is 359. The predicted molar refractivity (Wildman–Crippen MR) is 51.0 cm³/mol. The maximum Gasteiger partial charge on any atom is 0.309 e. The largest absolute Gasteiger partial charge is 0.481 e. The Kier molecular flexibility index (Phi) is 2.25. The van der Waals surface area contributed by atoms with Crippen LogP contribution in [0.3, 0.4) is 0 Å². The van der Waals surface area contributed by atoms with Crippen molar-refractivity contribution >= 4 is 5.97 Å². The second kappa shape index (κ2) is 3.42.